The summed E-state index contributed by atoms with van der Waals surface area (Å²) < 4.78 is 16.2. The zero-order chi connectivity index (χ0) is 24.3. The van der Waals surface area contributed by atoms with E-state index in [1.807, 2.05) is 13.0 Å². The number of hydrogen-bond donors (Lipinski definition) is 3. The third-order valence-electron chi connectivity index (χ3n) is 6.18. The number of rotatable bonds is 10. The highest BCUT2D eigenvalue weighted by atomic mass is 35.5. The average Bonchev–Trinajstić information content (AvgIpc) is 3.17. The Balaban J connectivity index is 1.35. The number of hydrogen-bond acceptors (Lipinski definition) is 7. The van der Waals surface area contributed by atoms with E-state index in [1.165, 1.54) is 0 Å². The van der Waals surface area contributed by atoms with Crippen LogP contribution in [0.4, 0.5) is 0 Å². The summed E-state index contributed by atoms with van der Waals surface area (Å²) in [6, 6.07) is 12.1. The van der Waals surface area contributed by atoms with Crippen LogP contribution in [-0.2, 0) is 20.7 Å². The lowest BCUT2D eigenvalue weighted by Crippen LogP contribution is -2.55. The maximum absolute atomic E-state index is 12.6. The number of ether oxygens (including phenoxy) is 3. The molecule has 0 spiro atoms. The third kappa shape index (κ3) is 5.29. The van der Waals surface area contributed by atoms with Crippen LogP contribution < -0.4 is 14.8 Å². The number of carboxylic acids is 1. The van der Waals surface area contributed by atoms with Crippen molar-refractivity contribution >= 4 is 23.5 Å². The molecule has 4 rings (SSSR count). The molecule has 1 aliphatic carbocycles. The van der Waals surface area contributed by atoms with E-state index >= 15 is 0 Å². The Morgan fingerprint density at radius 1 is 1.21 bits per heavy atom. The highest BCUT2D eigenvalue weighted by Crippen LogP contribution is 2.41. The molecular weight excluding hydrogens is 462 g/mol. The van der Waals surface area contributed by atoms with E-state index in [1.54, 1.807) is 36.4 Å². The molecule has 1 unspecified atom stereocenters. The summed E-state index contributed by atoms with van der Waals surface area (Å²) in [6.07, 6.45) is 2.87. The molecule has 34 heavy (non-hydrogen) atoms. The van der Waals surface area contributed by atoms with Gasteiger partial charge in [-0.2, -0.15) is 0 Å². The second kappa shape index (κ2) is 10.2. The molecule has 1 aliphatic heterocycles. The first-order valence-electron chi connectivity index (χ1n) is 11.4. The first-order valence-corrected chi connectivity index (χ1v) is 11.7. The van der Waals surface area contributed by atoms with Crippen LogP contribution in [0.15, 0.2) is 42.5 Å². The van der Waals surface area contributed by atoms with Gasteiger partial charge in [-0.15, -0.1) is 0 Å². The van der Waals surface area contributed by atoms with E-state index in [4.69, 9.17) is 25.8 Å². The van der Waals surface area contributed by atoms with Crippen LogP contribution in [0.2, 0.25) is 5.02 Å². The van der Waals surface area contributed by atoms with Crippen LogP contribution in [0.3, 0.4) is 0 Å². The van der Waals surface area contributed by atoms with Gasteiger partial charge in [0.15, 0.2) is 11.5 Å². The summed E-state index contributed by atoms with van der Waals surface area (Å²) in [5.74, 6) is -4.55. The van der Waals surface area contributed by atoms with Gasteiger partial charge < -0.3 is 29.7 Å². The zero-order valence-electron chi connectivity index (χ0n) is 18.8. The molecule has 0 aromatic heterocycles. The number of halogens is 1. The fourth-order valence-corrected chi connectivity index (χ4v) is 4.15. The van der Waals surface area contributed by atoms with Crippen molar-refractivity contribution in [3.05, 3.63) is 58.6 Å². The van der Waals surface area contributed by atoms with Crippen LogP contribution in [-0.4, -0.2) is 47.1 Å². The maximum atomic E-state index is 12.6. The van der Waals surface area contributed by atoms with Crippen molar-refractivity contribution < 1.29 is 34.0 Å². The summed E-state index contributed by atoms with van der Waals surface area (Å²) in [5.41, 5.74) is 1.58. The summed E-state index contributed by atoms with van der Waals surface area (Å²) >= 11 is 5.99. The summed E-state index contributed by atoms with van der Waals surface area (Å²) in [7, 11) is 0. The fourth-order valence-electron chi connectivity index (χ4n) is 3.95. The van der Waals surface area contributed by atoms with Crippen molar-refractivity contribution in [1.29, 1.82) is 0 Å². The van der Waals surface area contributed by atoms with Gasteiger partial charge in [-0.05, 0) is 67.5 Å². The minimum absolute atomic E-state index is 0.00845. The fraction of sp³-hybridized carbons (Fsp3) is 0.440. The smallest absolute Gasteiger partial charge is 0.453 e. The topological polar surface area (TPSA) is 114 Å². The van der Waals surface area contributed by atoms with Crippen LogP contribution in [0.5, 0.6) is 11.5 Å². The molecule has 3 N–H and O–H groups in total. The number of aliphatic hydroxyl groups is 1. The van der Waals surface area contributed by atoms with Gasteiger partial charge in [0.1, 0.15) is 0 Å². The van der Waals surface area contributed by atoms with Gasteiger partial charge in [0.05, 0.1) is 12.7 Å². The molecular formula is C25H28ClNO7. The Bertz CT molecular complexity index is 1060. The number of fused-ring (bicyclic) bond motifs is 1. The van der Waals surface area contributed by atoms with Crippen molar-refractivity contribution in [2.75, 3.05) is 13.2 Å². The van der Waals surface area contributed by atoms with E-state index in [0.717, 1.165) is 30.4 Å². The molecule has 3 atom stereocenters. The Labute approximate surface area is 202 Å². The largest absolute Gasteiger partial charge is 0.475 e. The van der Waals surface area contributed by atoms with E-state index in [-0.39, 0.29) is 30.1 Å². The molecule has 1 fully saturated rings. The first kappa shape index (κ1) is 24.3. The van der Waals surface area contributed by atoms with Gasteiger partial charge in [0, 0.05) is 17.6 Å². The minimum atomic E-state index is -2.53. The average molecular weight is 490 g/mol. The van der Waals surface area contributed by atoms with Gasteiger partial charge in [0.2, 0.25) is 0 Å². The monoisotopic (exact) mass is 489 g/mol. The molecule has 182 valence electrons. The van der Waals surface area contributed by atoms with Crippen molar-refractivity contribution in [3.8, 4) is 11.5 Å². The SMILES string of the molecule is C[C@H](Cc1ccc2c(c1)OC(C(=O)O)(C(=O)OCC1CCC1)O2)NC[C@H](O)c1cccc(Cl)c1. The van der Waals surface area contributed by atoms with Gasteiger partial charge in [-0.25, -0.2) is 9.59 Å². The van der Waals surface area contributed by atoms with Gasteiger partial charge in [0.25, 0.3) is 0 Å². The van der Waals surface area contributed by atoms with E-state index in [9.17, 15) is 19.8 Å². The Morgan fingerprint density at radius 3 is 2.65 bits per heavy atom. The lowest BCUT2D eigenvalue weighted by atomic mass is 9.86. The Hall–Kier alpha value is -2.81. The molecule has 2 aromatic carbocycles. The molecule has 9 heteroatoms. The van der Waals surface area contributed by atoms with E-state index in [2.05, 4.69) is 5.32 Å². The predicted molar refractivity (Wildman–Crippen MR) is 124 cm³/mol. The number of esters is 1. The highest BCUT2D eigenvalue weighted by molar-refractivity contribution is 6.30. The van der Waals surface area contributed by atoms with Crippen molar-refractivity contribution in [2.24, 2.45) is 5.92 Å². The highest BCUT2D eigenvalue weighted by Gasteiger charge is 2.59. The number of carboxylic acid groups (broad SMARTS) is 1. The van der Waals surface area contributed by atoms with Crippen molar-refractivity contribution in [3.63, 3.8) is 0 Å². The van der Waals surface area contributed by atoms with Crippen LogP contribution in [0, 0.1) is 5.92 Å². The van der Waals surface area contributed by atoms with Gasteiger partial charge in [-0.1, -0.05) is 36.2 Å². The lowest BCUT2D eigenvalue weighted by molar-refractivity contribution is -0.200. The van der Waals surface area contributed by atoms with Crippen LogP contribution in [0.1, 0.15) is 43.4 Å². The standard InChI is InChI=1S/C25H28ClNO7/c1-15(27-13-20(28)18-6-3-7-19(26)12-18)10-17-8-9-21-22(11-17)34-25(33-21,23(29)30)24(31)32-14-16-4-2-5-16/h3,6-9,11-12,15-16,20,27-28H,2,4-5,10,13-14H2,1H3,(H,29,30)/t15-,20+,25?/m1/s1. The molecule has 2 aromatic rings. The number of carbonyl (C=O) groups is 2. The number of carbonyl (C=O) groups excluding carboxylic acids is 1. The molecule has 8 nitrogen and oxygen atoms in total. The number of aliphatic carboxylic acids is 1. The normalized spacial score (nSPS) is 20.9. The third-order valence-corrected chi connectivity index (χ3v) is 6.41. The number of benzene rings is 2. The van der Waals surface area contributed by atoms with E-state index < -0.39 is 23.8 Å². The molecule has 2 aliphatic rings. The van der Waals surface area contributed by atoms with Crippen LogP contribution in [0.25, 0.3) is 0 Å². The predicted octanol–water partition coefficient (Wildman–Crippen LogP) is 3.49. The lowest BCUT2D eigenvalue weighted by Gasteiger charge is -2.26. The number of aliphatic hydroxyl groups excluding tert-OH is 1. The maximum Gasteiger partial charge on any atom is 0.453 e. The van der Waals surface area contributed by atoms with E-state index in [0.29, 0.717) is 18.0 Å². The summed E-state index contributed by atoms with van der Waals surface area (Å²) in [5, 5.41) is 23.9. The molecule has 1 saturated carbocycles. The molecule has 1 heterocycles. The zero-order valence-corrected chi connectivity index (χ0v) is 19.6. The van der Waals surface area contributed by atoms with Crippen LogP contribution >= 0.6 is 11.6 Å². The minimum Gasteiger partial charge on any atom is -0.475 e. The number of nitrogens with one attached hydrogen (secondary N) is 1. The molecule has 0 amide bonds. The Morgan fingerprint density at radius 2 is 1.97 bits per heavy atom. The first-order chi connectivity index (χ1) is 16.3. The molecule has 0 saturated heterocycles. The Kier molecular flexibility index (Phi) is 7.30. The van der Waals surface area contributed by atoms with Crippen molar-refractivity contribution in [1.82, 2.24) is 5.32 Å². The van der Waals surface area contributed by atoms with Gasteiger partial charge in [-0.3, -0.25) is 0 Å². The van der Waals surface area contributed by atoms with Gasteiger partial charge >= 0.3 is 17.7 Å². The molecule has 0 radical (unpaired) electrons. The summed E-state index contributed by atoms with van der Waals surface area (Å²) in [6.45, 7) is 2.46. The second-order valence-electron chi connectivity index (χ2n) is 8.89. The molecule has 0 bridgehead atoms. The second-order valence-corrected chi connectivity index (χ2v) is 9.32. The quantitative estimate of drug-likeness (QED) is 0.343. The van der Waals surface area contributed by atoms with Crippen molar-refractivity contribution in [2.45, 2.75) is 50.5 Å². The summed E-state index contributed by atoms with van der Waals surface area (Å²) in [4.78, 5) is 24.5.